The maximum absolute atomic E-state index is 12.2. The van der Waals surface area contributed by atoms with E-state index in [1.54, 1.807) is 0 Å². The molecule has 0 bridgehead atoms. The molecule has 1 aromatic carbocycles. The Balaban J connectivity index is 1.57. The molecule has 4 nitrogen and oxygen atoms in total. The molecule has 0 aliphatic carbocycles. The molecule has 1 atom stereocenters. The molecule has 2 aliphatic heterocycles. The number of ether oxygens (including phenoxy) is 1. The molecule has 0 aromatic heterocycles. The van der Waals surface area contributed by atoms with Gasteiger partial charge in [0.15, 0.2) is 0 Å². The van der Waals surface area contributed by atoms with E-state index < -0.39 is 0 Å². The molecule has 0 saturated carbocycles. The summed E-state index contributed by atoms with van der Waals surface area (Å²) in [6.07, 6.45) is 1.57. The highest BCUT2D eigenvalue weighted by Gasteiger charge is 2.22. The molecule has 1 fully saturated rings. The zero-order chi connectivity index (χ0) is 13.8. The molecular weight excluding hydrogens is 252 g/mol. The maximum Gasteiger partial charge on any atom is 0.222 e. The number of morpholine rings is 1. The first-order valence-corrected chi connectivity index (χ1v) is 7.48. The van der Waals surface area contributed by atoms with E-state index in [-0.39, 0.29) is 5.91 Å². The van der Waals surface area contributed by atoms with Crippen molar-refractivity contribution in [2.45, 2.75) is 25.3 Å². The van der Waals surface area contributed by atoms with Crippen LogP contribution in [-0.2, 0) is 16.1 Å². The summed E-state index contributed by atoms with van der Waals surface area (Å²) in [7, 11) is 0. The predicted octanol–water partition coefficient (Wildman–Crippen LogP) is 1.51. The summed E-state index contributed by atoms with van der Waals surface area (Å²) in [5.74, 6) is 0.737. The van der Waals surface area contributed by atoms with Crippen molar-refractivity contribution in [1.29, 1.82) is 0 Å². The second-order valence-electron chi connectivity index (χ2n) is 5.56. The van der Waals surface area contributed by atoms with Crippen LogP contribution in [0.1, 0.15) is 29.9 Å². The average Bonchev–Trinajstić information content (AvgIpc) is 2.53. The third-order valence-electron chi connectivity index (χ3n) is 4.27. The average molecular weight is 274 g/mol. The molecule has 20 heavy (non-hydrogen) atoms. The quantitative estimate of drug-likeness (QED) is 0.908. The summed E-state index contributed by atoms with van der Waals surface area (Å²) in [5.41, 5.74) is 2.79. The third-order valence-corrected chi connectivity index (χ3v) is 4.27. The Morgan fingerprint density at radius 3 is 2.95 bits per heavy atom. The van der Waals surface area contributed by atoms with Crippen molar-refractivity contribution in [2.24, 2.45) is 0 Å². The first-order valence-electron chi connectivity index (χ1n) is 7.48. The van der Waals surface area contributed by atoms with Crippen LogP contribution in [0.15, 0.2) is 24.3 Å². The summed E-state index contributed by atoms with van der Waals surface area (Å²) >= 11 is 0. The zero-order valence-corrected chi connectivity index (χ0v) is 11.8. The third kappa shape index (κ3) is 3.02. The lowest BCUT2D eigenvalue weighted by atomic mass is 9.87. The number of carbonyl (C=O) groups is 1. The highest BCUT2D eigenvalue weighted by Crippen LogP contribution is 2.27. The summed E-state index contributed by atoms with van der Waals surface area (Å²) in [5, 5.41) is 3.45. The van der Waals surface area contributed by atoms with Crippen molar-refractivity contribution in [3.63, 3.8) is 0 Å². The van der Waals surface area contributed by atoms with Crippen LogP contribution in [0.3, 0.4) is 0 Å². The summed E-state index contributed by atoms with van der Waals surface area (Å²) in [4.78, 5) is 14.1. The number of rotatable bonds is 3. The van der Waals surface area contributed by atoms with Crippen molar-refractivity contribution in [2.75, 3.05) is 32.8 Å². The highest BCUT2D eigenvalue weighted by molar-refractivity contribution is 5.76. The minimum Gasteiger partial charge on any atom is -0.378 e. The van der Waals surface area contributed by atoms with Gasteiger partial charge in [-0.2, -0.15) is 0 Å². The molecule has 1 saturated heterocycles. The minimum absolute atomic E-state index is 0.274. The van der Waals surface area contributed by atoms with Crippen molar-refractivity contribution < 1.29 is 9.53 Å². The molecule has 1 unspecified atom stereocenters. The van der Waals surface area contributed by atoms with Gasteiger partial charge >= 0.3 is 0 Å². The lowest BCUT2D eigenvalue weighted by Gasteiger charge is -2.29. The zero-order valence-electron chi connectivity index (χ0n) is 11.8. The molecule has 0 radical (unpaired) electrons. The topological polar surface area (TPSA) is 41.6 Å². The SMILES string of the molecule is O=C(CCC1CNCc2ccccc21)N1CCOCC1. The van der Waals surface area contributed by atoms with Gasteiger partial charge in [0.2, 0.25) is 5.91 Å². The Hall–Kier alpha value is -1.39. The molecule has 108 valence electrons. The van der Waals surface area contributed by atoms with Crippen LogP contribution < -0.4 is 5.32 Å². The lowest BCUT2D eigenvalue weighted by Crippen LogP contribution is -2.41. The largest absolute Gasteiger partial charge is 0.378 e. The molecule has 0 spiro atoms. The summed E-state index contributed by atoms with van der Waals surface area (Å²) in [6, 6.07) is 8.57. The van der Waals surface area contributed by atoms with E-state index in [1.165, 1.54) is 11.1 Å². The van der Waals surface area contributed by atoms with E-state index in [0.29, 0.717) is 25.6 Å². The first-order chi connectivity index (χ1) is 9.84. The van der Waals surface area contributed by atoms with Crippen LogP contribution in [0, 0.1) is 0 Å². The van der Waals surface area contributed by atoms with Gasteiger partial charge in [-0.05, 0) is 23.5 Å². The van der Waals surface area contributed by atoms with E-state index in [2.05, 4.69) is 29.6 Å². The lowest BCUT2D eigenvalue weighted by molar-refractivity contribution is -0.135. The van der Waals surface area contributed by atoms with Crippen LogP contribution in [0.5, 0.6) is 0 Å². The maximum atomic E-state index is 12.2. The van der Waals surface area contributed by atoms with Crippen molar-refractivity contribution in [3.05, 3.63) is 35.4 Å². The normalized spacial score (nSPS) is 22.4. The summed E-state index contributed by atoms with van der Waals surface area (Å²) in [6.45, 7) is 4.78. The standard InChI is InChI=1S/C16H22N2O2/c19-16(18-7-9-20-10-8-18)6-5-14-12-17-11-13-3-1-2-4-15(13)14/h1-4,14,17H,5-12H2. The Kier molecular flexibility index (Phi) is 4.33. The smallest absolute Gasteiger partial charge is 0.222 e. The number of amides is 1. The highest BCUT2D eigenvalue weighted by atomic mass is 16.5. The number of carbonyl (C=O) groups excluding carboxylic acids is 1. The molecule has 4 heteroatoms. The molecule has 1 N–H and O–H groups in total. The van der Waals surface area contributed by atoms with Crippen molar-refractivity contribution in [1.82, 2.24) is 10.2 Å². The van der Waals surface area contributed by atoms with Crippen LogP contribution >= 0.6 is 0 Å². The Labute approximate surface area is 120 Å². The fourth-order valence-electron chi connectivity index (χ4n) is 3.11. The molecule has 1 amide bonds. The van der Waals surface area contributed by atoms with Gasteiger partial charge in [0.25, 0.3) is 0 Å². The van der Waals surface area contributed by atoms with Crippen molar-refractivity contribution in [3.8, 4) is 0 Å². The second kappa shape index (κ2) is 6.37. The van der Waals surface area contributed by atoms with Crippen LogP contribution in [0.2, 0.25) is 0 Å². The number of hydrogen-bond donors (Lipinski definition) is 1. The molecule has 2 heterocycles. The van der Waals surface area contributed by atoms with Gasteiger partial charge in [-0.25, -0.2) is 0 Å². The van der Waals surface area contributed by atoms with Gasteiger partial charge in [-0.3, -0.25) is 4.79 Å². The van der Waals surface area contributed by atoms with Crippen LogP contribution in [-0.4, -0.2) is 43.7 Å². The van der Waals surface area contributed by atoms with Gasteiger partial charge in [-0.15, -0.1) is 0 Å². The molecule has 1 aromatic rings. The fraction of sp³-hybridized carbons (Fsp3) is 0.562. The van der Waals surface area contributed by atoms with E-state index in [0.717, 1.165) is 32.6 Å². The molecular formula is C16H22N2O2. The molecule has 3 rings (SSSR count). The Bertz CT molecular complexity index is 469. The van der Waals surface area contributed by atoms with E-state index in [4.69, 9.17) is 4.74 Å². The monoisotopic (exact) mass is 274 g/mol. The minimum atomic E-state index is 0.274. The van der Waals surface area contributed by atoms with Crippen molar-refractivity contribution >= 4 is 5.91 Å². The van der Waals surface area contributed by atoms with E-state index in [1.807, 2.05) is 4.90 Å². The number of benzene rings is 1. The second-order valence-corrected chi connectivity index (χ2v) is 5.56. The van der Waals surface area contributed by atoms with Gasteiger partial charge in [0, 0.05) is 32.6 Å². The van der Waals surface area contributed by atoms with Gasteiger partial charge in [-0.1, -0.05) is 24.3 Å². The van der Waals surface area contributed by atoms with Crippen LogP contribution in [0.4, 0.5) is 0 Å². The van der Waals surface area contributed by atoms with Gasteiger partial charge in [0.05, 0.1) is 13.2 Å². The van der Waals surface area contributed by atoms with Crippen LogP contribution in [0.25, 0.3) is 0 Å². The number of fused-ring (bicyclic) bond motifs is 1. The number of nitrogens with one attached hydrogen (secondary N) is 1. The number of nitrogens with zero attached hydrogens (tertiary/aromatic N) is 1. The summed E-state index contributed by atoms with van der Waals surface area (Å²) < 4.78 is 5.29. The Morgan fingerprint density at radius 2 is 2.10 bits per heavy atom. The first kappa shape index (κ1) is 13.6. The predicted molar refractivity (Wildman–Crippen MR) is 77.5 cm³/mol. The van der Waals surface area contributed by atoms with Gasteiger partial charge < -0.3 is 15.0 Å². The molecule has 2 aliphatic rings. The fourth-order valence-corrected chi connectivity index (χ4v) is 3.11. The van der Waals surface area contributed by atoms with E-state index in [9.17, 15) is 4.79 Å². The van der Waals surface area contributed by atoms with Gasteiger partial charge in [0.1, 0.15) is 0 Å². The van der Waals surface area contributed by atoms with E-state index >= 15 is 0 Å². The Morgan fingerprint density at radius 1 is 1.30 bits per heavy atom. The number of hydrogen-bond acceptors (Lipinski definition) is 3.